The summed E-state index contributed by atoms with van der Waals surface area (Å²) in [6.07, 6.45) is 0. The molecule has 0 heterocycles. The number of Topliss-reactive ketones (excluding diaryl/α,β-unsaturated/α-hetero) is 1. The lowest BCUT2D eigenvalue weighted by molar-refractivity contribution is -0.114. The zero-order valence-corrected chi connectivity index (χ0v) is 12.5. The molecule has 0 saturated heterocycles. The van der Waals surface area contributed by atoms with Crippen LogP contribution in [0.15, 0.2) is 48.5 Å². The van der Waals surface area contributed by atoms with E-state index in [1.54, 1.807) is 48.3 Å². The van der Waals surface area contributed by atoms with Gasteiger partial charge in [0.1, 0.15) is 5.82 Å². The SMILES string of the molecule is CC(=O)c1cccc(NC(=O)CN(C)c2ccc(F)cc2)c1. The van der Waals surface area contributed by atoms with Crippen LogP contribution in [0.4, 0.5) is 15.8 Å². The number of hydrogen-bond donors (Lipinski definition) is 1. The van der Waals surface area contributed by atoms with Crippen LogP contribution in [0.3, 0.4) is 0 Å². The highest BCUT2D eigenvalue weighted by Crippen LogP contribution is 2.14. The highest BCUT2D eigenvalue weighted by molar-refractivity contribution is 5.98. The van der Waals surface area contributed by atoms with Crippen LogP contribution in [0.1, 0.15) is 17.3 Å². The maximum Gasteiger partial charge on any atom is 0.243 e. The standard InChI is InChI=1S/C17H17FN2O2/c1-12(21)13-4-3-5-15(10-13)19-17(22)11-20(2)16-8-6-14(18)7-9-16/h3-10H,11H2,1-2H3,(H,19,22). The van der Waals surface area contributed by atoms with Crippen LogP contribution in [-0.4, -0.2) is 25.3 Å². The summed E-state index contributed by atoms with van der Waals surface area (Å²) in [5, 5.41) is 2.74. The first-order valence-electron chi connectivity index (χ1n) is 6.83. The number of nitrogens with zero attached hydrogens (tertiary/aromatic N) is 1. The first-order chi connectivity index (χ1) is 10.5. The third-order valence-electron chi connectivity index (χ3n) is 3.20. The van der Waals surface area contributed by atoms with Crippen molar-refractivity contribution in [1.29, 1.82) is 0 Å². The van der Waals surface area contributed by atoms with Gasteiger partial charge in [0.2, 0.25) is 5.91 Å². The molecular formula is C17H17FN2O2. The molecule has 0 bridgehead atoms. The fourth-order valence-corrected chi connectivity index (χ4v) is 2.02. The van der Waals surface area contributed by atoms with Crippen LogP contribution >= 0.6 is 0 Å². The van der Waals surface area contributed by atoms with Crippen LogP contribution < -0.4 is 10.2 Å². The number of amides is 1. The van der Waals surface area contributed by atoms with Gasteiger partial charge in [-0.25, -0.2) is 4.39 Å². The summed E-state index contributed by atoms with van der Waals surface area (Å²) < 4.78 is 12.9. The smallest absolute Gasteiger partial charge is 0.243 e. The summed E-state index contributed by atoms with van der Waals surface area (Å²) in [4.78, 5) is 25.1. The molecule has 0 fully saturated rings. The van der Waals surface area contributed by atoms with Gasteiger partial charge in [0, 0.05) is 24.0 Å². The minimum atomic E-state index is -0.317. The molecule has 2 aromatic carbocycles. The quantitative estimate of drug-likeness (QED) is 0.863. The number of carbonyl (C=O) groups excluding carboxylic acids is 2. The summed E-state index contributed by atoms with van der Waals surface area (Å²) in [7, 11) is 1.75. The van der Waals surface area contributed by atoms with Crippen molar-refractivity contribution in [2.45, 2.75) is 6.92 Å². The molecule has 4 nitrogen and oxygen atoms in total. The maximum absolute atomic E-state index is 12.9. The van der Waals surface area contributed by atoms with Gasteiger partial charge < -0.3 is 10.2 Å². The van der Waals surface area contributed by atoms with Gasteiger partial charge in [0.25, 0.3) is 0 Å². The van der Waals surface area contributed by atoms with Gasteiger partial charge in [-0.05, 0) is 43.3 Å². The van der Waals surface area contributed by atoms with Crippen molar-refractivity contribution in [2.24, 2.45) is 0 Å². The summed E-state index contributed by atoms with van der Waals surface area (Å²) in [5.41, 5.74) is 1.86. The fourth-order valence-electron chi connectivity index (χ4n) is 2.02. The highest BCUT2D eigenvalue weighted by atomic mass is 19.1. The molecule has 0 spiro atoms. The monoisotopic (exact) mass is 300 g/mol. The Morgan fingerprint density at radius 1 is 1.14 bits per heavy atom. The van der Waals surface area contributed by atoms with E-state index in [0.29, 0.717) is 11.3 Å². The topological polar surface area (TPSA) is 49.4 Å². The predicted molar refractivity (Wildman–Crippen MR) is 84.7 cm³/mol. The third-order valence-corrected chi connectivity index (χ3v) is 3.20. The second-order valence-electron chi connectivity index (χ2n) is 5.02. The number of anilines is 2. The summed E-state index contributed by atoms with van der Waals surface area (Å²) >= 11 is 0. The minimum absolute atomic E-state index is 0.0560. The van der Waals surface area contributed by atoms with E-state index in [0.717, 1.165) is 5.69 Å². The second-order valence-corrected chi connectivity index (χ2v) is 5.02. The van der Waals surface area contributed by atoms with Crippen molar-refractivity contribution < 1.29 is 14.0 Å². The molecule has 0 unspecified atom stereocenters. The van der Waals surface area contributed by atoms with Gasteiger partial charge in [-0.15, -0.1) is 0 Å². The van der Waals surface area contributed by atoms with Crippen LogP contribution in [0, 0.1) is 5.82 Å². The largest absolute Gasteiger partial charge is 0.365 e. The van der Waals surface area contributed by atoms with E-state index in [1.165, 1.54) is 19.1 Å². The van der Waals surface area contributed by atoms with Gasteiger partial charge in [-0.1, -0.05) is 12.1 Å². The van der Waals surface area contributed by atoms with Crippen LogP contribution in [-0.2, 0) is 4.79 Å². The first kappa shape index (κ1) is 15.7. The van der Waals surface area contributed by atoms with Crippen molar-refractivity contribution >= 4 is 23.1 Å². The molecule has 0 aliphatic rings. The molecule has 22 heavy (non-hydrogen) atoms. The molecule has 1 N–H and O–H groups in total. The Morgan fingerprint density at radius 3 is 2.45 bits per heavy atom. The second kappa shape index (κ2) is 6.85. The molecule has 0 aliphatic carbocycles. The molecule has 1 amide bonds. The fraction of sp³-hybridized carbons (Fsp3) is 0.176. The highest BCUT2D eigenvalue weighted by Gasteiger charge is 2.09. The Kier molecular flexibility index (Phi) is 4.88. The lowest BCUT2D eigenvalue weighted by Gasteiger charge is -2.18. The van der Waals surface area contributed by atoms with Gasteiger partial charge in [-0.2, -0.15) is 0 Å². The van der Waals surface area contributed by atoms with E-state index < -0.39 is 0 Å². The molecule has 114 valence electrons. The van der Waals surface area contributed by atoms with Gasteiger partial charge in [0.05, 0.1) is 6.54 Å². The van der Waals surface area contributed by atoms with Crippen molar-refractivity contribution in [3.05, 3.63) is 59.9 Å². The maximum atomic E-state index is 12.9. The number of likely N-dealkylation sites (N-methyl/N-ethyl adjacent to an activating group) is 1. The Labute approximate surface area is 128 Å². The van der Waals surface area contributed by atoms with Crippen LogP contribution in [0.2, 0.25) is 0 Å². The van der Waals surface area contributed by atoms with Crippen molar-refractivity contribution in [3.63, 3.8) is 0 Å². The number of benzene rings is 2. The van der Waals surface area contributed by atoms with Crippen LogP contribution in [0.25, 0.3) is 0 Å². The molecule has 0 aromatic heterocycles. The van der Waals surface area contributed by atoms with Gasteiger partial charge in [-0.3, -0.25) is 9.59 Å². The number of carbonyl (C=O) groups is 2. The van der Waals surface area contributed by atoms with Crippen molar-refractivity contribution in [3.8, 4) is 0 Å². The van der Waals surface area contributed by atoms with Crippen LogP contribution in [0.5, 0.6) is 0 Å². The molecule has 2 aromatic rings. The van der Waals surface area contributed by atoms with E-state index in [2.05, 4.69) is 5.32 Å². The Morgan fingerprint density at radius 2 is 1.82 bits per heavy atom. The molecule has 5 heteroatoms. The number of halogens is 1. The number of rotatable bonds is 5. The number of nitrogens with one attached hydrogen (secondary N) is 1. The normalized spacial score (nSPS) is 10.1. The summed E-state index contributed by atoms with van der Waals surface area (Å²) in [6.45, 7) is 1.60. The van der Waals surface area contributed by atoms with Gasteiger partial charge >= 0.3 is 0 Å². The van der Waals surface area contributed by atoms with E-state index in [-0.39, 0.29) is 24.1 Å². The predicted octanol–water partition coefficient (Wildman–Crippen LogP) is 3.10. The van der Waals surface area contributed by atoms with E-state index in [1.807, 2.05) is 0 Å². The Bertz CT molecular complexity index is 683. The lowest BCUT2D eigenvalue weighted by atomic mass is 10.1. The zero-order chi connectivity index (χ0) is 16.1. The zero-order valence-electron chi connectivity index (χ0n) is 12.5. The Hall–Kier alpha value is -2.69. The molecule has 2 rings (SSSR count). The first-order valence-corrected chi connectivity index (χ1v) is 6.83. The minimum Gasteiger partial charge on any atom is -0.365 e. The van der Waals surface area contributed by atoms with Crippen molar-refractivity contribution in [1.82, 2.24) is 0 Å². The number of ketones is 1. The number of hydrogen-bond acceptors (Lipinski definition) is 3. The third kappa shape index (κ3) is 4.15. The molecule has 0 atom stereocenters. The summed E-state index contributed by atoms with van der Waals surface area (Å²) in [5.74, 6) is -0.588. The van der Waals surface area contributed by atoms with E-state index in [9.17, 15) is 14.0 Å². The Balaban J connectivity index is 1.99. The molecule has 0 radical (unpaired) electrons. The molecule has 0 aliphatic heterocycles. The average Bonchev–Trinajstić information content (AvgIpc) is 2.47. The molecule has 0 saturated carbocycles. The van der Waals surface area contributed by atoms with Gasteiger partial charge in [0.15, 0.2) is 5.78 Å². The molecular weight excluding hydrogens is 283 g/mol. The summed E-state index contributed by atoms with van der Waals surface area (Å²) in [6, 6.07) is 12.7. The van der Waals surface area contributed by atoms with Crippen molar-refractivity contribution in [2.75, 3.05) is 23.8 Å². The average molecular weight is 300 g/mol. The van der Waals surface area contributed by atoms with E-state index >= 15 is 0 Å². The van der Waals surface area contributed by atoms with E-state index in [4.69, 9.17) is 0 Å². The lowest BCUT2D eigenvalue weighted by Crippen LogP contribution is -2.30.